The number of carbonyl (C=O) groups is 1. The van der Waals surface area contributed by atoms with E-state index in [0.29, 0.717) is 22.7 Å². The highest BCUT2D eigenvalue weighted by atomic mass is 32.2. The molecule has 0 saturated heterocycles. The van der Waals surface area contributed by atoms with Crippen molar-refractivity contribution < 1.29 is 27.5 Å². The van der Waals surface area contributed by atoms with Crippen LogP contribution in [0.3, 0.4) is 0 Å². The Balaban J connectivity index is 1.52. The van der Waals surface area contributed by atoms with Gasteiger partial charge in [0.05, 0.1) is 32.9 Å². The lowest BCUT2D eigenvalue weighted by molar-refractivity contribution is -0.140. The van der Waals surface area contributed by atoms with Crippen LogP contribution in [0, 0.1) is 19.7 Å². The number of alkyl halides is 3. The van der Waals surface area contributed by atoms with Gasteiger partial charge in [0.25, 0.3) is 0 Å². The number of thioether (sulfide) groups is 1. The highest BCUT2D eigenvalue weighted by Gasteiger charge is 2.34. The van der Waals surface area contributed by atoms with Crippen LogP contribution >= 0.6 is 34.4 Å². The quantitative estimate of drug-likeness (QED) is 0.200. The molecule has 4 aromatic rings. The molecule has 0 bridgehead atoms. The smallest absolute Gasteiger partial charge is 0.419 e. The number of thiazole rings is 2. The lowest BCUT2D eigenvalue weighted by Gasteiger charge is -2.08. The predicted octanol–water partition coefficient (Wildman–Crippen LogP) is 7.50. The summed E-state index contributed by atoms with van der Waals surface area (Å²) in [5, 5.41) is 10.1. The maximum absolute atomic E-state index is 14.0. The van der Waals surface area contributed by atoms with Gasteiger partial charge in [0.1, 0.15) is 10.8 Å². The molecule has 1 N–H and O–H groups in total. The van der Waals surface area contributed by atoms with Crippen molar-refractivity contribution >= 4 is 50.6 Å². The lowest BCUT2D eigenvalue weighted by atomic mass is 10.1. The molecule has 4 rings (SSSR count). The van der Waals surface area contributed by atoms with Crippen LogP contribution in [0.4, 0.5) is 17.6 Å². The van der Waals surface area contributed by atoms with Gasteiger partial charge in [-0.05, 0) is 43.7 Å². The Morgan fingerprint density at radius 3 is 2.56 bits per heavy atom. The number of fused-ring (bicyclic) bond motifs is 1. The molecule has 0 aliphatic rings. The van der Waals surface area contributed by atoms with Gasteiger partial charge < -0.3 is 5.11 Å². The molecule has 2 heterocycles. The maximum atomic E-state index is 14.0. The van der Waals surface area contributed by atoms with Gasteiger partial charge in [-0.2, -0.15) is 13.2 Å². The molecule has 11 heteroatoms. The van der Waals surface area contributed by atoms with E-state index in [1.54, 1.807) is 11.8 Å². The van der Waals surface area contributed by atoms with Crippen molar-refractivity contribution in [2.45, 2.75) is 43.5 Å². The summed E-state index contributed by atoms with van der Waals surface area (Å²) >= 11 is 4.44. The van der Waals surface area contributed by atoms with Crippen LogP contribution in [0.25, 0.3) is 20.8 Å². The zero-order chi connectivity index (χ0) is 24.6. The Morgan fingerprint density at radius 1 is 1.12 bits per heavy atom. The second-order valence-electron chi connectivity index (χ2n) is 7.55. The van der Waals surface area contributed by atoms with Gasteiger partial charge in [0, 0.05) is 27.5 Å². The number of benzene rings is 2. The SMILES string of the molecule is Cc1nc(-c2ccc(C(F)(F)F)c(F)c2)sc1CSc1ccc2nc(CCC(=O)O)sc2c1C. The van der Waals surface area contributed by atoms with Crippen molar-refractivity contribution in [3.63, 3.8) is 0 Å². The summed E-state index contributed by atoms with van der Waals surface area (Å²) in [6.45, 7) is 3.82. The molecule has 34 heavy (non-hydrogen) atoms. The minimum atomic E-state index is -4.74. The lowest BCUT2D eigenvalue weighted by Crippen LogP contribution is -2.07. The summed E-state index contributed by atoms with van der Waals surface area (Å²) in [5.41, 5.74) is 1.67. The van der Waals surface area contributed by atoms with Crippen molar-refractivity contribution in [2.24, 2.45) is 0 Å². The van der Waals surface area contributed by atoms with Crippen LogP contribution in [-0.2, 0) is 23.1 Å². The molecule has 0 spiro atoms. The third-order valence-corrected chi connectivity index (χ3v) is 8.95. The number of aryl methyl sites for hydroxylation is 3. The van der Waals surface area contributed by atoms with Crippen LogP contribution < -0.4 is 0 Å². The fourth-order valence-electron chi connectivity index (χ4n) is 3.34. The fraction of sp³-hybridized carbons (Fsp3) is 0.261. The number of carboxylic acid groups (broad SMARTS) is 1. The molecule has 4 nitrogen and oxygen atoms in total. The van der Waals surface area contributed by atoms with E-state index in [0.717, 1.165) is 48.4 Å². The van der Waals surface area contributed by atoms with Crippen molar-refractivity contribution in [2.75, 3.05) is 0 Å². The predicted molar refractivity (Wildman–Crippen MR) is 127 cm³/mol. The van der Waals surface area contributed by atoms with E-state index in [2.05, 4.69) is 9.97 Å². The molecule has 0 aliphatic carbocycles. The van der Waals surface area contributed by atoms with Crippen molar-refractivity contribution in [3.05, 3.63) is 62.9 Å². The Kier molecular flexibility index (Phi) is 6.97. The first-order valence-electron chi connectivity index (χ1n) is 10.1. The van der Waals surface area contributed by atoms with Gasteiger partial charge in [0.2, 0.25) is 0 Å². The molecule has 0 radical (unpaired) electrons. The third-order valence-electron chi connectivity index (χ3n) is 5.13. The van der Waals surface area contributed by atoms with E-state index in [4.69, 9.17) is 5.11 Å². The Bertz CT molecular complexity index is 1380. The first kappa shape index (κ1) is 24.6. The summed E-state index contributed by atoms with van der Waals surface area (Å²) in [7, 11) is 0. The number of aliphatic carboxylic acids is 1. The van der Waals surface area contributed by atoms with Gasteiger partial charge in [-0.3, -0.25) is 4.79 Å². The van der Waals surface area contributed by atoms with E-state index in [9.17, 15) is 22.4 Å². The minimum Gasteiger partial charge on any atom is -0.481 e. The molecule has 178 valence electrons. The van der Waals surface area contributed by atoms with E-state index >= 15 is 0 Å². The van der Waals surface area contributed by atoms with Crippen LogP contribution in [0.1, 0.15) is 33.1 Å². The molecule has 2 aromatic carbocycles. The molecular formula is C23H18F4N2O2S3. The maximum Gasteiger partial charge on any atom is 0.419 e. The summed E-state index contributed by atoms with van der Waals surface area (Å²) in [4.78, 5) is 21.8. The van der Waals surface area contributed by atoms with Gasteiger partial charge in [-0.25, -0.2) is 14.4 Å². The van der Waals surface area contributed by atoms with Crippen molar-refractivity contribution in [1.82, 2.24) is 9.97 Å². The number of nitrogens with zero attached hydrogens (tertiary/aromatic N) is 2. The summed E-state index contributed by atoms with van der Waals surface area (Å²) in [6.07, 6.45) is -4.31. The number of aromatic nitrogens is 2. The first-order valence-corrected chi connectivity index (χ1v) is 12.7. The van der Waals surface area contributed by atoms with Crippen molar-refractivity contribution in [3.8, 4) is 10.6 Å². The van der Waals surface area contributed by atoms with Crippen LogP contribution in [0.5, 0.6) is 0 Å². The molecular weight excluding hydrogens is 508 g/mol. The van der Waals surface area contributed by atoms with Gasteiger partial charge >= 0.3 is 12.1 Å². The van der Waals surface area contributed by atoms with Gasteiger partial charge in [-0.15, -0.1) is 34.4 Å². The summed E-state index contributed by atoms with van der Waals surface area (Å²) < 4.78 is 53.5. The molecule has 0 unspecified atom stereocenters. The van der Waals surface area contributed by atoms with E-state index < -0.39 is 23.5 Å². The van der Waals surface area contributed by atoms with Crippen LogP contribution in [0.2, 0.25) is 0 Å². The first-order chi connectivity index (χ1) is 16.0. The Labute approximate surface area is 204 Å². The highest BCUT2D eigenvalue weighted by Crippen LogP contribution is 2.38. The Morgan fingerprint density at radius 2 is 1.88 bits per heavy atom. The van der Waals surface area contributed by atoms with E-state index in [1.807, 2.05) is 26.0 Å². The number of halogens is 4. The molecule has 0 amide bonds. The zero-order valence-electron chi connectivity index (χ0n) is 18.0. The molecule has 0 saturated carbocycles. The highest BCUT2D eigenvalue weighted by molar-refractivity contribution is 7.98. The number of carboxylic acids is 1. The van der Waals surface area contributed by atoms with Crippen LogP contribution in [0.15, 0.2) is 35.2 Å². The van der Waals surface area contributed by atoms with Crippen LogP contribution in [-0.4, -0.2) is 21.0 Å². The molecule has 0 fully saturated rings. The van der Waals surface area contributed by atoms with Gasteiger partial charge in [-0.1, -0.05) is 6.07 Å². The third kappa shape index (κ3) is 5.26. The van der Waals surface area contributed by atoms with Gasteiger partial charge in [0.15, 0.2) is 0 Å². The fourth-order valence-corrected chi connectivity index (χ4v) is 6.71. The largest absolute Gasteiger partial charge is 0.481 e. The van der Waals surface area contributed by atoms with Crippen molar-refractivity contribution in [1.29, 1.82) is 0 Å². The zero-order valence-corrected chi connectivity index (χ0v) is 20.4. The summed E-state index contributed by atoms with van der Waals surface area (Å²) in [5.74, 6) is -1.57. The number of rotatable bonds is 7. The standard InChI is InChI=1S/C23H18F4N2O2S3/c1-11-17(6-5-16-21(11)34-19(29-16)7-8-20(30)31)32-10-18-12(2)28-22(33-18)13-3-4-14(15(24)9-13)23(25,26)27/h3-6,9H,7-8,10H2,1-2H3,(H,30,31). The second-order valence-corrected chi connectivity index (χ2v) is 10.7. The average molecular weight is 527 g/mol. The molecule has 2 aromatic heterocycles. The minimum absolute atomic E-state index is 0.0380. The number of hydrogen-bond acceptors (Lipinski definition) is 6. The number of hydrogen-bond donors (Lipinski definition) is 1. The topological polar surface area (TPSA) is 63.1 Å². The normalized spacial score (nSPS) is 11.9. The summed E-state index contributed by atoms with van der Waals surface area (Å²) in [6, 6.07) is 6.76. The van der Waals surface area contributed by atoms with E-state index in [1.165, 1.54) is 28.7 Å². The Hall–Kier alpha value is -2.50. The average Bonchev–Trinajstić information content (AvgIpc) is 3.34. The van der Waals surface area contributed by atoms with E-state index in [-0.39, 0.29) is 6.42 Å². The second kappa shape index (κ2) is 9.63. The molecule has 0 aliphatic heterocycles. The molecule has 0 atom stereocenters. The monoisotopic (exact) mass is 526 g/mol.